The van der Waals surface area contributed by atoms with E-state index < -0.39 is 6.03 Å². The van der Waals surface area contributed by atoms with Crippen molar-refractivity contribution >= 4 is 12.0 Å². The van der Waals surface area contributed by atoms with Gasteiger partial charge < -0.3 is 15.4 Å². The van der Waals surface area contributed by atoms with Crippen molar-refractivity contribution in [1.29, 1.82) is 5.41 Å². The highest BCUT2D eigenvalue weighted by Gasteiger charge is 2.16. The van der Waals surface area contributed by atoms with E-state index in [1.165, 1.54) is 7.05 Å². The summed E-state index contributed by atoms with van der Waals surface area (Å²) in [5.74, 6) is -0.0359. The predicted molar refractivity (Wildman–Crippen MR) is 47.4 cm³/mol. The maximum Gasteiger partial charge on any atom is 0.321 e. The Hall–Kier alpha value is -1.30. The fourth-order valence-corrected chi connectivity index (χ4v) is 1.06. The Bertz CT molecular complexity index is 201. The van der Waals surface area contributed by atoms with Crippen LogP contribution in [0.25, 0.3) is 0 Å². The molecule has 0 saturated carbocycles. The molecular weight excluding hydrogens is 172 g/mol. The molecule has 1 heterocycles. The largest absolute Gasteiger partial charge is 0.359 e. The van der Waals surface area contributed by atoms with Crippen LogP contribution in [0.5, 0.6) is 0 Å². The molecule has 0 aromatic carbocycles. The minimum atomic E-state index is -0.407. The smallest absolute Gasteiger partial charge is 0.321 e. The quantitative estimate of drug-likeness (QED) is 0.331. The van der Waals surface area contributed by atoms with Crippen molar-refractivity contribution in [3.63, 3.8) is 0 Å². The predicted octanol–water partition coefficient (Wildman–Crippen LogP) is -0.424. The van der Waals surface area contributed by atoms with Gasteiger partial charge in [-0.3, -0.25) is 10.7 Å². The Morgan fingerprint density at radius 1 is 1.62 bits per heavy atom. The lowest BCUT2D eigenvalue weighted by Gasteiger charge is -2.13. The van der Waals surface area contributed by atoms with E-state index in [0.717, 1.165) is 12.8 Å². The summed E-state index contributed by atoms with van der Waals surface area (Å²) < 4.78 is 5.22. The molecule has 0 aromatic rings. The summed E-state index contributed by atoms with van der Waals surface area (Å²) in [5.41, 5.74) is 0. The number of rotatable bonds is 1. The monoisotopic (exact) mass is 186 g/mol. The van der Waals surface area contributed by atoms with E-state index in [0.29, 0.717) is 6.61 Å². The fourth-order valence-electron chi connectivity index (χ4n) is 1.06. The Morgan fingerprint density at radius 2 is 2.38 bits per heavy atom. The summed E-state index contributed by atoms with van der Waals surface area (Å²) in [4.78, 5) is 10.8. The Balaban J connectivity index is 2.20. The van der Waals surface area contributed by atoms with Crippen LogP contribution in [0.15, 0.2) is 0 Å². The third-order valence-electron chi connectivity index (χ3n) is 1.70. The van der Waals surface area contributed by atoms with Gasteiger partial charge in [-0.1, -0.05) is 0 Å². The minimum absolute atomic E-state index is 0.0359. The number of hydrogen-bond donors (Lipinski definition) is 4. The number of carbonyl (C=O) groups excluding carboxylic acids is 1. The van der Waals surface area contributed by atoms with Crippen LogP contribution >= 0.6 is 0 Å². The topological polar surface area (TPSA) is 86.2 Å². The summed E-state index contributed by atoms with van der Waals surface area (Å²) in [6.45, 7) is 0.713. The molecule has 0 aromatic heterocycles. The van der Waals surface area contributed by atoms with Crippen molar-refractivity contribution in [1.82, 2.24) is 16.0 Å². The van der Waals surface area contributed by atoms with Crippen LogP contribution in [-0.2, 0) is 4.74 Å². The zero-order valence-corrected chi connectivity index (χ0v) is 7.52. The number of guanidine groups is 1. The summed E-state index contributed by atoms with van der Waals surface area (Å²) in [5, 5.41) is 14.7. The maximum atomic E-state index is 10.8. The van der Waals surface area contributed by atoms with Crippen molar-refractivity contribution in [3.8, 4) is 0 Å². The van der Waals surface area contributed by atoms with Crippen molar-refractivity contribution in [2.24, 2.45) is 0 Å². The SMILES string of the molecule is CNC(=O)NC(=N)NC1CCCO1. The number of nitrogens with one attached hydrogen (secondary N) is 4. The maximum absolute atomic E-state index is 10.8. The van der Waals surface area contributed by atoms with Gasteiger partial charge in [-0.2, -0.15) is 0 Å². The zero-order chi connectivity index (χ0) is 9.68. The second-order valence-corrected chi connectivity index (χ2v) is 2.73. The van der Waals surface area contributed by atoms with Crippen LogP contribution in [0, 0.1) is 5.41 Å². The van der Waals surface area contributed by atoms with E-state index in [-0.39, 0.29) is 12.2 Å². The van der Waals surface area contributed by atoms with Crippen LogP contribution < -0.4 is 16.0 Å². The summed E-state index contributed by atoms with van der Waals surface area (Å²) in [7, 11) is 1.49. The van der Waals surface area contributed by atoms with Crippen LogP contribution in [-0.4, -0.2) is 31.9 Å². The van der Waals surface area contributed by atoms with E-state index in [4.69, 9.17) is 10.1 Å². The van der Waals surface area contributed by atoms with Gasteiger partial charge in [0, 0.05) is 13.7 Å². The average Bonchev–Trinajstić information content (AvgIpc) is 2.56. The molecule has 1 rings (SSSR count). The number of carbonyl (C=O) groups is 1. The van der Waals surface area contributed by atoms with E-state index in [1.807, 2.05) is 0 Å². The Kier molecular flexibility index (Phi) is 3.51. The molecule has 1 fully saturated rings. The van der Waals surface area contributed by atoms with Gasteiger partial charge in [-0.05, 0) is 12.8 Å². The first-order chi connectivity index (χ1) is 6.22. The normalized spacial score (nSPS) is 20.8. The van der Waals surface area contributed by atoms with Gasteiger partial charge in [0.15, 0.2) is 5.96 Å². The molecule has 74 valence electrons. The second kappa shape index (κ2) is 4.66. The van der Waals surface area contributed by atoms with E-state index in [2.05, 4.69) is 16.0 Å². The standard InChI is InChI=1S/C7H14N4O2/c1-9-7(12)11-6(8)10-5-3-2-4-13-5/h5H,2-4H2,1H3,(H4,8,9,10,11,12). The van der Waals surface area contributed by atoms with Gasteiger partial charge >= 0.3 is 6.03 Å². The van der Waals surface area contributed by atoms with Crippen molar-refractivity contribution in [2.75, 3.05) is 13.7 Å². The summed E-state index contributed by atoms with van der Waals surface area (Å²) in [6.07, 6.45) is 1.73. The van der Waals surface area contributed by atoms with Crippen molar-refractivity contribution in [2.45, 2.75) is 19.1 Å². The molecule has 0 aliphatic carbocycles. The number of ether oxygens (including phenoxy) is 1. The molecule has 1 atom stereocenters. The zero-order valence-electron chi connectivity index (χ0n) is 7.52. The lowest BCUT2D eigenvalue weighted by atomic mass is 10.3. The van der Waals surface area contributed by atoms with Gasteiger partial charge in [-0.15, -0.1) is 0 Å². The van der Waals surface area contributed by atoms with Gasteiger partial charge in [0.2, 0.25) is 0 Å². The second-order valence-electron chi connectivity index (χ2n) is 2.73. The third kappa shape index (κ3) is 3.29. The lowest BCUT2D eigenvalue weighted by molar-refractivity contribution is 0.0992. The van der Waals surface area contributed by atoms with Crippen LogP contribution in [0.3, 0.4) is 0 Å². The van der Waals surface area contributed by atoms with Crippen molar-refractivity contribution in [3.05, 3.63) is 0 Å². The highest BCUT2D eigenvalue weighted by molar-refractivity contribution is 5.94. The van der Waals surface area contributed by atoms with E-state index in [1.54, 1.807) is 0 Å². The summed E-state index contributed by atoms with van der Waals surface area (Å²) >= 11 is 0. The van der Waals surface area contributed by atoms with Crippen LogP contribution in [0.1, 0.15) is 12.8 Å². The van der Waals surface area contributed by atoms with Gasteiger partial charge in [-0.25, -0.2) is 4.79 Å². The molecule has 1 unspecified atom stereocenters. The molecule has 1 aliphatic heterocycles. The Labute approximate surface area is 76.5 Å². The van der Waals surface area contributed by atoms with Crippen LogP contribution in [0.4, 0.5) is 4.79 Å². The molecule has 0 bridgehead atoms. The number of urea groups is 1. The van der Waals surface area contributed by atoms with E-state index in [9.17, 15) is 4.79 Å². The molecule has 6 heteroatoms. The third-order valence-corrected chi connectivity index (χ3v) is 1.70. The van der Waals surface area contributed by atoms with Gasteiger partial charge in [0.1, 0.15) is 6.23 Å². The molecule has 0 radical (unpaired) electrons. The average molecular weight is 186 g/mol. The first kappa shape index (κ1) is 9.79. The first-order valence-corrected chi connectivity index (χ1v) is 4.18. The lowest BCUT2D eigenvalue weighted by Crippen LogP contribution is -2.47. The molecule has 6 nitrogen and oxygen atoms in total. The molecule has 1 saturated heterocycles. The molecule has 2 amide bonds. The molecular formula is C7H14N4O2. The summed E-state index contributed by atoms with van der Waals surface area (Å²) in [6, 6.07) is -0.407. The number of hydrogen-bond acceptors (Lipinski definition) is 3. The molecule has 13 heavy (non-hydrogen) atoms. The Morgan fingerprint density at radius 3 is 2.92 bits per heavy atom. The fraction of sp³-hybridized carbons (Fsp3) is 0.714. The number of amides is 2. The van der Waals surface area contributed by atoms with Crippen molar-refractivity contribution < 1.29 is 9.53 Å². The van der Waals surface area contributed by atoms with Gasteiger partial charge in [0.25, 0.3) is 0 Å². The molecule has 0 spiro atoms. The molecule has 1 aliphatic rings. The highest BCUT2D eigenvalue weighted by atomic mass is 16.5. The molecule has 4 N–H and O–H groups in total. The highest BCUT2D eigenvalue weighted by Crippen LogP contribution is 2.08. The minimum Gasteiger partial charge on any atom is -0.359 e. The first-order valence-electron chi connectivity index (χ1n) is 4.18. The van der Waals surface area contributed by atoms with Crippen LogP contribution in [0.2, 0.25) is 0 Å². The van der Waals surface area contributed by atoms with E-state index >= 15 is 0 Å². The van der Waals surface area contributed by atoms with Gasteiger partial charge in [0.05, 0.1) is 0 Å².